The molecule has 0 aromatic rings. The van der Waals surface area contributed by atoms with Crippen LogP contribution >= 0.6 is 0 Å². The smallest absolute Gasteiger partial charge is 0.329 e. The van der Waals surface area contributed by atoms with Gasteiger partial charge in [-0.3, -0.25) is 9.59 Å². The number of carbonyl (C=O) groups excluding carboxylic acids is 3. The first-order chi connectivity index (χ1) is 9.83. The Morgan fingerprint density at radius 3 is 2.10 bits per heavy atom. The third-order valence-electron chi connectivity index (χ3n) is 2.74. The zero-order valence-electron chi connectivity index (χ0n) is 13.3. The molecule has 1 unspecified atom stereocenters. The zero-order valence-corrected chi connectivity index (χ0v) is 13.3. The van der Waals surface area contributed by atoms with Crippen molar-refractivity contribution >= 4 is 17.8 Å². The Labute approximate surface area is 126 Å². The van der Waals surface area contributed by atoms with Crippen LogP contribution in [0.1, 0.15) is 40.5 Å². The molecule has 0 rings (SSSR count). The van der Waals surface area contributed by atoms with Gasteiger partial charge in [-0.05, 0) is 27.2 Å². The minimum Gasteiger partial charge on any atom is -0.466 e. The summed E-state index contributed by atoms with van der Waals surface area (Å²) in [4.78, 5) is 36.6. The molecule has 1 atom stereocenters. The summed E-state index contributed by atoms with van der Waals surface area (Å²) in [5, 5.41) is 0. The van der Waals surface area contributed by atoms with E-state index in [1.54, 1.807) is 20.8 Å². The van der Waals surface area contributed by atoms with E-state index < -0.39 is 18.0 Å². The highest BCUT2D eigenvalue weighted by Gasteiger charge is 2.29. The van der Waals surface area contributed by atoms with Crippen LogP contribution in [0.5, 0.6) is 0 Å². The minimum absolute atomic E-state index is 0.0412. The van der Waals surface area contributed by atoms with Gasteiger partial charge in [0.2, 0.25) is 5.91 Å². The molecule has 0 saturated carbocycles. The van der Waals surface area contributed by atoms with Crippen LogP contribution in [0.2, 0.25) is 0 Å². The topological polar surface area (TPSA) is 72.9 Å². The lowest BCUT2D eigenvalue weighted by Gasteiger charge is -2.29. The number of carbonyl (C=O) groups is 3. The maximum atomic E-state index is 12.0. The average Bonchev–Trinajstić information content (AvgIpc) is 2.37. The van der Waals surface area contributed by atoms with Crippen LogP contribution in [-0.4, -0.2) is 48.5 Å². The van der Waals surface area contributed by atoms with Gasteiger partial charge in [0.15, 0.2) is 0 Å². The van der Waals surface area contributed by atoms with E-state index in [0.29, 0.717) is 6.42 Å². The van der Waals surface area contributed by atoms with E-state index in [4.69, 9.17) is 9.47 Å². The maximum absolute atomic E-state index is 12.0. The summed E-state index contributed by atoms with van der Waals surface area (Å²) < 4.78 is 9.83. The quantitative estimate of drug-likeness (QED) is 0.478. The second-order valence-corrected chi connectivity index (χ2v) is 4.70. The summed E-state index contributed by atoms with van der Waals surface area (Å²) in [5.74, 6) is -1.18. The fraction of sp³-hybridized carbons (Fsp3) is 0.667. The van der Waals surface area contributed by atoms with Crippen molar-refractivity contribution in [1.29, 1.82) is 0 Å². The van der Waals surface area contributed by atoms with Gasteiger partial charge in [-0.15, -0.1) is 6.58 Å². The predicted molar refractivity (Wildman–Crippen MR) is 78.5 cm³/mol. The molecule has 0 aromatic heterocycles. The largest absolute Gasteiger partial charge is 0.466 e. The van der Waals surface area contributed by atoms with Gasteiger partial charge in [0.1, 0.15) is 6.04 Å². The van der Waals surface area contributed by atoms with Crippen molar-refractivity contribution in [2.45, 2.75) is 46.6 Å². The monoisotopic (exact) mass is 299 g/mol. The van der Waals surface area contributed by atoms with E-state index in [9.17, 15) is 14.4 Å². The summed E-state index contributed by atoms with van der Waals surface area (Å²) in [7, 11) is 0. The fourth-order valence-corrected chi connectivity index (χ4v) is 1.87. The molecule has 6 nitrogen and oxygen atoms in total. The van der Waals surface area contributed by atoms with Gasteiger partial charge in [0.05, 0.1) is 19.6 Å². The van der Waals surface area contributed by atoms with Gasteiger partial charge in [-0.1, -0.05) is 5.57 Å². The molecule has 0 fully saturated rings. The van der Waals surface area contributed by atoms with Crippen molar-refractivity contribution in [3.05, 3.63) is 12.2 Å². The first kappa shape index (κ1) is 19.1. The first-order valence-electron chi connectivity index (χ1n) is 7.07. The Morgan fingerprint density at radius 1 is 1.10 bits per heavy atom. The standard InChI is InChI=1S/C15H25NO5/c1-6-20-14(18)8-9-16(12(5)17)13(10-11(3)4)15(19)21-7-2/h13H,3,6-10H2,1-2,4-5H3. The Hall–Kier alpha value is -1.85. The van der Waals surface area contributed by atoms with Crippen LogP contribution < -0.4 is 0 Å². The summed E-state index contributed by atoms with van der Waals surface area (Å²) in [5.41, 5.74) is 0.760. The first-order valence-corrected chi connectivity index (χ1v) is 7.07. The third kappa shape index (κ3) is 7.48. The molecule has 0 aliphatic heterocycles. The van der Waals surface area contributed by atoms with E-state index in [0.717, 1.165) is 5.57 Å². The number of esters is 2. The Kier molecular flexibility index (Phi) is 9.08. The van der Waals surface area contributed by atoms with E-state index >= 15 is 0 Å². The molecule has 21 heavy (non-hydrogen) atoms. The predicted octanol–water partition coefficient (Wildman–Crippen LogP) is 1.69. The summed E-state index contributed by atoms with van der Waals surface area (Å²) in [6.07, 6.45) is 0.348. The van der Waals surface area contributed by atoms with Gasteiger partial charge >= 0.3 is 11.9 Å². The minimum atomic E-state index is -0.755. The number of ether oxygens (including phenoxy) is 2. The summed E-state index contributed by atoms with van der Waals surface area (Å²) in [6, 6.07) is -0.755. The average molecular weight is 299 g/mol. The molecule has 0 N–H and O–H groups in total. The molecular formula is C15H25NO5. The van der Waals surface area contributed by atoms with Gasteiger partial charge < -0.3 is 14.4 Å². The van der Waals surface area contributed by atoms with E-state index in [2.05, 4.69) is 6.58 Å². The SMILES string of the molecule is C=C(C)CC(C(=O)OCC)N(CCC(=O)OCC)C(C)=O. The Balaban J connectivity index is 4.96. The molecule has 0 aromatic carbocycles. The molecule has 0 heterocycles. The van der Waals surface area contributed by atoms with Crippen LogP contribution in [0.25, 0.3) is 0 Å². The van der Waals surface area contributed by atoms with Crippen molar-refractivity contribution in [1.82, 2.24) is 4.90 Å². The second kappa shape index (κ2) is 9.96. The van der Waals surface area contributed by atoms with Crippen LogP contribution in [-0.2, 0) is 23.9 Å². The molecule has 0 saturated heterocycles. The molecule has 0 bridgehead atoms. The Bertz CT molecular complexity index is 392. The van der Waals surface area contributed by atoms with Crippen LogP contribution in [0.3, 0.4) is 0 Å². The van der Waals surface area contributed by atoms with Crippen molar-refractivity contribution in [3.8, 4) is 0 Å². The number of nitrogens with zero attached hydrogens (tertiary/aromatic N) is 1. The number of rotatable bonds is 9. The van der Waals surface area contributed by atoms with Gasteiger partial charge in [0.25, 0.3) is 0 Å². The van der Waals surface area contributed by atoms with Crippen LogP contribution in [0.15, 0.2) is 12.2 Å². The molecule has 0 spiro atoms. The van der Waals surface area contributed by atoms with Gasteiger partial charge in [-0.2, -0.15) is 0 Å². The maximum Gasteiger partial charge on any atom is 0.329 e. The number of hydrogen-bond acceptors (Lipinski definition) is 5. The molecule has 6 heteroatoms. The van der Waals surface area contributed by atoms with Crippen molar-refractivity contribution in [2.75, 3.05) is 19.8 Å². The van der Waals surface area contributed by atoms with E-state index in [1.165, 1.54) is 11.8 Å². The van der Waals surface area contributed by atoms with E-state index in [-0.39, 0.29) is 32.1 Å². The number of amides is 1. The molecule has 0 aliphatic carbocycles. The number of hydrogen-bond donors (Lipinski definition) is 0. The second-order valence-electron chi connectivity index (χ2n) is 4.70. The van der Waals surface area contributed by atoms with Gasteiger partial charge in [-0.25, -0.2) is 4.79 Å². The van der Waals surface area contributed by atoms with Crippen molar-refractivity contribution in [3.63, 3.8) is 0 Å². The highest BCUT2D eigenvalue weighted by Crippen LogP contribution is 2.13. The molecule has 120 valence electrons. The zero-order chi connectivity index (χ0) is 16.4. The lowest BCUT2D eigenvalue weighted by molar-refractivity contribution is -0.155. The lowest BCUT2D eigenvalue weighted by atomic mass is 10.1. The van der Waals surface area contributed by atoms with Crippen molar-refractivity contribution in [2.24, 2.45) is 0 Å². The van der Waals surface area contributed by atoms with E-state index in [1.807, 2.05) is 0 Å². The van der Waals surface area contributed by atoms with Crippen LogP contribution in [0.4, 0.5) is 0 Å². The summed E-state index contributed by atoms with van der Waals surface area (Å²) >= 11 is 0. The fourth-order valence-electron chi connectivity index (χ4n) is 1.87. The lowest BCUT2D eigenvalue weighted by Crippen LogP contribution is -2.46. The summed E-state index contributed by atoms with van der Waals surface area (Å²) in [6.45, 7) is 10.9. The normalized spacial score (nSPS) is 11.4. The highest BCUT2D eigenvalue weighted by atomic mass is 16.5. The van der Waals surface area contributed by atoms with Crippen LogP contribution in [0, 0.1) is 0 Å². The Morgan fingerprint density at radius 2 is 1.67 bits per heavy atom. The molecule has 0 radical (unpaired) electrons. The van der Waals surface area contributed by atoms with Crippen molar-refractivity contribution < 1.29 is 23.9 Å². The molecular weight excluding hydrogens is 274 g/mol. The molecule has 0 aliphatic rings. The van der Waals surface area contributed by atoms with Gasteiger partial charge in [0, 0.05) is 13.5 Å². The molecule has 1 amide bonds. The third-order valence-corrected chi connectivity index (χ3v) is 2.74. The highest BCUT2D eigenvalue weighted by molar-refractivity contribution is 5.84.